The average molecular weight is 297 g/mol. The van der Waals surface area contributed by atoms with Crippen molar-refractivity contribution in [1.29, 1.82) is 0 Å². The van der Waals surface area contributed by atoms with Gasteiger partial charge in [0.25, 0.3) is 0 Å². The Morgan fingerprint density at radius 3 is 2.80 bits per heavy atom. The standard InChI is InChI=1S/C15H21ClN2O2/c1-10(2)15(6-7-17-9-15)14(19)18-11-4-5-12(16)13(8-11)20-3/h4-5,8,10,17H,6-7,9H2,1-3H3,(H,18,19). The van der Waals surface area contributed by atoms with Crippen LogP contribution in [0.1, 0.15) is 20.3 Å². The first-order valence-corrected chi connectivity index (χ1v) is 7.23. The van der Waals surface area contributed by atoms with Crippen molar-refractivity contribution in [3.63, 3.8) is 0 Å². The number of hydrogen-bond acceptors (Lipinski definition) is 3. The summed E-state index contributed by atoms with van der Waals surface area (Å²) in [5.41, 5.74) is 0.371. The minimum absolute atomic E-state index is 0.0573. The van der Waals surface area contributed by atoms with Gasteiger partial charge in [-0.3, -0.25) is 4.79 Å². The third-order valence-corrected chi connectivity index (χ3v) is 4.47. The molecular formula is C15H21ClN2O2. The molecule has 1 saturated heterocycles. The second kappa shape index (κ2) is 6.02. The van der Waals surface area contributed by atoms with Crippen molar-refractivity contribution >= 4 is 23.2 Å². The lowest BCUT2D eigenvalue weighted by Crippen LogP contribution is -2.42. The second-order valence-corrected chi connectivity index (χ2v) is 5.95. The SMILES string of the molecule is COc1cc(NC(=O)C2(C(C)C)CCNC2)ccc1Cl. The zero-order chi connectivity index (χ0) is 14.8. The van der Waals surface area contributed by atoms with Crippen LogP contribution in [0.2, 0.25) is 5.02 Å². The van der Waals surface area contributed by atoms with Crippen LogP contribution in [-0.2, 0) is 4.79 Å². The molecule has 20 heavy (non-hydrogen) atoms. The fraction of sp³-hybridized carbons (Fsp3) is 0.533. The van der Waals surface area contributed by atoms with Gasteiger partial charge < -0.3 is 15.4 Å². The summed E-state index contributed by atoms with van der Waals surface area (Å²) in [6.07, 6.45) is 0.862. The van der Waals surface area contributed by atoms with Crippen LogP contribution in [0.15, 0.2) is 18.2 Å². The molecule has 1 aliphatic heterocycles. The van der Waals surface area contributed by atoms with Gasteiger partial charge in [-0.05, 0) is 31.0 Å². The fourth-order valence-electron chi connectivity index (χ4n) is 2.65. The molecule has 2 rings (SSSR count). The molecule has 0 spiro atoms. The Kier molecular flexibility index (Phi) is 4.55. The molecule has 1 aliphatic rings. The predicted molar refractivity (Wildman–Crippen MR) is 81.4 cm³/mol. The van der Waals surface area contributed by atoms with E-state index in [1.165, 1.54) is 0 Å². The summed E-state index contributed by atoms with van der Waals surface area (Å²) in [5, 5.41) is 6.81. The van der Waals surface area contributed by atoms with E-state index in [9.17, 15) is 4.79 Å². The zero-order valence-corrected chi connectivity index (χ0v) is 12.9. The lowest BCUT2D eigenvalue weighted by atomic mass is 9.75. The van der Waals surface area contributed by atoms with E-state index in [2.05, 4.69) is 24.5 Å². The van der Waals surface area contributed by atoms with E-state index in [1.807, 2.05) is 0 Å². The molecule has 0 bridgehead atoms. The summed E-state index contributed by atoms with van der Waals surface area (Å²) in [4.78, 5) is 12.6. The minimum atomic E-state index is -0.340. The zero-order valence-electron chi connectivity index (χ0n) is 12.1. The van der Waals surface area contributed by atoms with Crippen molar-refractivity contribution in [1.82, 2.24) is 5.32 Å². The maximum Gasteiger partial charge on any atom is 0.232 e. The largest absolute Gasteiger partial charge is 0.495 e. The smallest absolute Gasteiger partial charge is 0.232 e. The minimum Gasteiger partial charge on any atom is -0.495 e. The normalized spacial score (nSPS) is 22.1. The second-order valence-electron chi connectivity index (χ2n) is 5.54. The summed E-state index contributed by atoms with van der Waals surface area (Å²) in [6, 6.07) is 5.26. The first-order valence-electron chi connectivity index (χ1n) is 6.85. The molecular weight excluding hydrogens is 276 g/mol. The summed E-state index contributed by atoms with van der Waals surface area (Å²) >= 11 is 5.99. The molecule has 0 aromatic heterocycles. The van der Waals surface area contributed by atoms with Crippen LogP contribution in [0, 0.1) is 11.3 Å². The Morgan fingerprint density at radius 1 is 1.50 bits per heavy atom. The molecule has 1 heterocycles. The molecule has 1 amide bonds. The summed E-state index contributed by atoms with van der Waals surface area (Å²) in [6.45, 7) is 5.79. The number of methoxy groups -OCH3 is 1. The third kappa shape index (κ3) is 2.76. The Bertz CT molecular complexity index is 497. The Labute approximate surface area is 124 Å². The van der Waals surface area contributed by atoms with E-state index in [-0.39, 0.29) is 17.2 Å². The Morgan fingerprint density at radius 2 is 2.25 bits per heavy atom. The summed E-state index contributed by atoms with van der Waals surface area (Å²) in [5.74, 6) is 0.904. The van der Waals surface area contributed by atoms with Crippen molar-refractivity contribution in [2.75, 3.05) is 25.5 Å². The highest BCUT2D eigenvalue weighted by Gasteiger charge is 2.43. The van der Waals surface area contributed by atoms with E-state index in [4.69, 9.17) is 16.3 Å². The Hall–Kier alpha value is -1.26. The fourth-order valence-corrected chi connectivity index (χ4v) is 2.85. The number of nitrogens with one attached hydrogen (secondary N) is 2. The molecule has 1 unspecified atom stereocenters. The highest BCUT2D eigenvalue weighted by Crippen LogP contribution is 2.36. The predicted octanol–water partition coefficient (Wildman–Crippen LogP) is 2.92. The molecule has 0 saturated carbocycles. The molecule has 1 aromatic carbocycles. The summed E-state index contributed by atoms with van der Waals surface area (Å²) < 4.78 is 5.17. The van der Waals surface area contributed by atoms with Crippen molar-refractivity contribution in [2.45, 2.75) is 20.3 Å². The first-order chi connectivity index (χ1) is 9.49. The highest BCUT2D eigenvalue weighted by atomic mass is 35.5. The van der Waals surface area contributed by atoms with Crippen LogP contribution in [0.25, 0.3) is 0 Å². The van der Waals surface area contributed by atoms with Crippen molar-refractivity contribution in [3.05, 3.63) is 23.2 Å². The molecule has 1 atom stereocenters. The molecule has 4 nitrogen and oxygen atoms in total. The molecule has 1 aromatic rings. The van der Waals surface area contributed by atoms with Crippen molar-refractivity contribution in [3.8, 4) is 5.75 Å². The molecule has 0 aliphatic carbocycles. The lowest BCUT2D eigenvalue weighted by molar-refractivity contribution is -0.126. The van der Waals surface area contributed by atoms with Crippen LogP contribution in [-0.4, -0.2) is 26.1 Å². The number of carbonyl (C=O) groups excluding carboxylic acids is 1. The van der Waals surface area contributed by atoms with Gasteiger partial charge in [-0.1, -0.05) is 25.4 Å². The van der Waals surface area contributed by atoms with E-state index in [0.29, 0.717) is 16.5 Å². The topological polar surface area (TPSA) is 50.4 Å². The van der Waals surface area contributed by atoms with Gasteiger partial charge >= 0.3 is 0 Å². The highest BCUT2D eigenvalue weighted by molar-refractivity contribution is 6.32. The maximum absolute atomic E-state index is 12.6. The van der Waals surface area contributed by atoms with Crippen molar-refractivity contribution < 1.29 is 9.53 Å². The number of amides is 1. The molecule has 0 radical (unpaired) electrons. The van der Waals surface area contributed by atoms with Gasteiger partial charge in [0.15, 0.2) is 0 Å². The number of rotatable bonds is 4. The number of carbonyl (C=O) groups is 1. The van der Waals surface area contributed by atoms with Crippen LogP contribution in [0.4, 0.5) is 5.69 Å². The van der Waals surface area contributed by atoms with Gasteiger partial charge in [0.05, 0.1) is 17.5 Å². The number of halogens is 1. The van der Waals surface area contributed by atoms with Crippen LogP contribution < -0.4 is 15.4 Å². The van der Waals surface area contributed by atoms with Gasteiger partial charge in [-0.2, -0.15) is 0 Å². The van der Waals surface area contributed by atoms with Gasteiger partial charge in [0.2, 0.25) is 5.91 Å². The number of ether oxygens (including phenoxy) is 1. The first kappa shape index (κ1) is 15.1. The summed E-state index contributed by atoms with van der Waals surface area (Å²) in [7, 11) is 1.56. The van der Waals surface area contributed by atoms with E-state index >= 15 is 0 Å². The van der Waals surface area contributed by atoms with Crippen LogP contribution in [0.3, 0.4) is 0 Å². The number of anilines is 1. The van der Waals surface area contributed by atoms with Gasteiger partial charge in [0, 0.05) is 18.3 Å². The Balaban J connectivity index is 2.18. The van der Waals surface area contributed by atoms with Gasteiger partial charge in [-0.15, -0.1) is 0 Å². The maximum atomic E-state index is 12.6. The van der Waals surface area contributed by atoms with Crippen LogP contribution in [0.5, 0.6) is 5.75 Å². The number of benzene rings is 1. The average Bonchev–Trinajstić information content (AvgIpc) is 2.91. The van der Waals surface area contributed by atoms with Gasteiger partial charge in [0.1, 0.15) is 5.75 Å². The van der Waals surface area contributed by atoms with Crippen molar-refractivity contribution in [2.24, 2.45) is 11.3 Å². The monoisotopic (exact) mass is 296 g/mol. The molecule has 110 valence electrons. The molecule has 5 heteroatoms. The van der Waals surface area contributed by atoms with Crippen LogP contribution >= 0.6 is 11.6 Å². The lowest BCUT2D eigenvalue weighted by Gasteiger charge is -2.31. The third-order valence-electron chi connectivity index (χ3n) is 4.15. The van der Waals surface area contributed by atoms with E-state index in [1.54, 1.807) is 25.3 Å². The van der Waals surface area contributed by atoms with Gasteiger partial charge in [-0.25, -0.2) is 0 Å². The number of hydrogen-bond donors (Lipinski definition) is 2. The molecule has 2 N–H and O–H groups in total. The molecule has 1 fully saturated rings. The van der Waals surface area contributed by atoms with E-state index in [0.717, 1.165) is 19.5 Å². The van der Waals surface area contributed by atoms with E-state index < -0.39 is 0 Å². The quantitative estimate of drug-likeness (QED) is 0.898.